The van der Waals surface area contributed by atoms with Crippen molar-refractivity contribution in [3.05, 3.63) is 82.3 Å². The quantitative estimate of drug-likeness (QED) is 0.280. The van der Waals surface area contributed by atoms with Gasteiger partial charge in [0.2, 0.25) is 0 Å². The van der Waals surface area contributed by atoms with Crippen molar-refractivity contribution in [3.63, 3.8) is 0 Å². The maximum atomic E-state index is 12.9. The summed E-state index contributed by atoms with van der Waals surface area (Å²) < 4.78 is 11.7. The van der Waals surface area contributed by atoms with Crippen LogP contribution in [0.25, 0.3) is 0 Å². The summed E-state index contributed by atoms with van der Waals surface area (Å²) in [4.78, 5) is 25.6. The number of thiocarbonyl (C=S) groups is 1. The van der Waals surface area contributed by atoms with Crippen LogP contribution in [0.1, 0.15) is 41.0 Å². The van der Waals surface area contributed by atoms with Crippen molar-refractivity contribution in [3.8, 4) is 11.5 Å². The summed E-state index contributed by atoms with van der Waals surface area (Å²) in [5.74, 6) is 0.680. The SMILES string of the molecule is CCCOc1ccc(C(=O)NC(=S)Nc2ccccc2C(=O)Nc2ccc(OCC)cc2)cc1Br. The van der Waals surface area contributed by atoms with Gasteiger partial charge in [0, 0.05) is 11.3 Å². The van der Waals surface area contributed by atoms with Crippen molar-refractivity contribution in [2.75, 3.05) is 23.8 Å². The van der Waals surface area contributed by atoms with Crippen LogP contribution in [-0.4, -0.2) is 30.1 Å². The van der Waals surface area contributed by atoms with E-state index in [0.29, 0.717) is 45.9 Å². The lowest BCUT2D eigenvalue weighted by Crippen LogP contribution is -2.34. The highest BCUT2D eigenvalue weighted by Crippen LogP contribution is 2.26. The molecular weight excluding hydrogens is 530 g/mol. The predicted molar refractivity (Wildman–Crippen MR) is 146 cm³/mol. The number of para-hydroxylation sites is 1. The minimum absolute atomic E-state index is 0.0683. The van der Waals surface area contributed by atoms with E-state index < -0.39 is 0 Å². The topological polar surface area (TPSA) is 88.7 Å². The Morgan fingerprint density at radius 1 is 0.914 bits per heavy atom. The van der Waals surface area contributed by atoms with Crippen molar-refractivity contribution in [1.82, 2.24) is 5.32 Å². The van der Waals surface area contributed by atoms with Gasteiger partial charge in [-0.1, -0.05) is 19.1 Å². The summed E-state index contributed by atoms with van der Waals surface area (Å²) >= 11 is 8.74. The highest BCUT2D eigenvalue weighted by atomic mass is 79.9. The van der Waals surface area contributed by atoms with Gasteiger partial charge in [-0.05, 0) is 96.1 Å². The second-order valence-corrected chi connectivity index (χ2v) is 8.62. The van der Waals surface area contributed by atoms with E-state index in [1.807, 2.05) is 13.8 Å². The molecule has 0 bridgehead atoms. The van der Waals surface area contributed by atoms with Crippen LogP contribution in [0.2, 0.25) is 0 Å². The third-order valence-corrected chi connectivity index (χ3v) is 5.55. The van der Waals surface area contributed by atoms with E-state index in [0.717, 1.165) is 12.2 Å². The predicted octanol–water partition coefficient (Wildman–Crippen LogP) is 6.02. The van der Waals surface area contributed by atoms with Gasteiger partial charge in [0.1, 0.15) is 11.5 Å². The summed E-state index contributed by atoms with van der Waals surface area (Å²) in [6.07, 6.45) is 0.883. The first-order chi connectivity index (χ1) is 16.9. The van der Waals surface area contributed by atoms with E-state index in [-0.39, 0.29) is 16.9 Å². The molecule has 0 heterocycles. The number of carbonyl (C=O) groups excluding carboxylic acids is 2. The molecule has 0 atom stereocenters. The fourth-order valence-electron chi connectivity index (χ4n) is 3.09. The van der Waals surface area contributed by atoms with Crippen LogP contribution in [0.15, 0.2) is 71.2 Å². The lowest BCUT2D eigenvalue weighted by Gasteiger charge is -2.14. The number of benzene rings is 3. The van der Waals surface area contributed by atoms with Gasteiger partial charge in [-0.2, -0.15) is 0 Å². The van der Waals surface area contributed by atoms with Gasteiger partial charge in [-0.15, -0.1) is 0 Å². The third kappa shape index (κ3) is 7.53. The summed E-state index contributed by atoms with van der Waals surface area (Å²) in [6, 6.07) is 19.1. The molecule has 3 rings (SSSR count). The van der Waals surface area contributed by atoms with E-state index in [9.17, 15) is 9.59 Å². The summed E-state index contributed by atoms with van der Waals surface area (Å²) in [6.45, 7) is 5.08. The van der Waals surface area contributed by atoms with E-state index >= 15 is 0 Å². The van der Waals surface area contributed by atoms with Crippen molar-refractivity contribution >= 4 is 56.4 Å². The van der Waals surface area contributed by atoms with Crippen LogP contribution in [0.4, 0.5) is 11.4 Å². The average molecular weight is 556 g/mol. The molecule has 2 amide bonds. The number of nitrogens with one attached hydrogen (secondary N) is 3. The first-order valence-corrected chi connectivity index (χ1v) is 12.3. The average Bonchev–Trinajstić information content (AvgIpc) is 2.84. The molecule has 0 aliphatic heterocycles. The molecule has 0 saturated heterocycles. The first-order valence-electron chi connectivity index (χ1n) is 11.1. The van der Waals surface area contributed by atoms with Gasteiger partial charge in [-0.3, -0.25) is 14.9 Å². The molecule has 7 nitrogen and oxygen atoms in total. The summed E-state index contributed by atoms with van der Waals surface area (Å²) in [5, 5.41) is 8.50. The minimum Gasteiger partial charge on any atom is -0.494 e. The number of amides is 2. The van der Waals surface area contributed by atoms with Gasteiger partial charge in [0.05, 0.1) is 28.9 Å². The number of carbonyl (C=O) groups is 2. The Morgan fingerprint density at radius 3 is 2.34 bits per heavy atom. The molecular formula is C26H26BrN3O4S. The van der Waals surface area contributed by atoms with E-state index in [4.69, 9.17) is 21.7 Å². The van der Waals surface area contributed by atoms with Crippen molar-refractivity contribution < 1.29 is 19.1 Å². The van der Waals surface area contributed by atoms with Crippen LogP contribution in [0.3, 0.4) is 0 Å². The Bertz CT molecular complexity index is 1200. The Balaban J connectivity index is 1.64. The molecule has 0 spiro atoms. The monoisotopic (exact) mass is 555 g/mol. The number of halogens is 1. The lowest BCUT2D eigenvalue weighted by molar-refractivity contribution is 0.0976. The fraction of sp³-hybridized carbons (Fsp3) is 0.192. The molecule has 0 saturated carbocycles. The second kappa shape index (κ2) is 12.9. The molecule has 0 aliphatic rings. The second-order valence-electron chi connectivity index (χ2n) is 7.36. The number of ether oxygens (including phenoxy) is 2. The van der Waals surface area contributed by atoms with E-state index in [2.05, 4.69) is 31.9 Å². The number of rotatable bonds is 9. The highest BCUT2D eigenvalue weighted by Gasteiger charge is 2.15. The van der Waals surface area contributed by atoms with Gasteiger partial charge < -0.3 is 20.1 Å². The molecule has 0 aromatic heterocycles. The maximum absolute atomic E-state index is 12.9. The largest absolute Gasteiger partial charge is 0.494 e. The van der Waals surface area contributed by atoms with Gasteiger partial charge >= 0.3 is 0 Å². The van der Waals surface area contributed by atoms with Crippen LogP contribution < -0.4 is 25.4 Å². The molecule has 3 N–H and O–H groups in total. The van der Waals surface area contributed by atoms with Crippen LogP contribution in [0, 0.1) is 0 Å². The highest BCUT2D eigenvalue weighted by molar-refractivity contribution is 9.10. The molecule has 3 aromatic carbocycles. The maximum Gasteiger partial charge on any atom is 0.257 e. The van der Waals surface area contributed by atoms with Crippen molar-refractivity contribution in [2.24, 2.45) is 0 Å². The van der Waals surface area contributed by atoms with Crippen LogP contribution >= 0.6 is 28.1 Å². The smallest absolute Gasteiger partial charge is 0.257 e. The molecule has 35 heavy (non-hydrogen) atoms. The van der Waals surface area contributed by atoms with Gasteiger partial charge in [-0.25, -0.2) is 0 Å². The Labute approximate surface area is 218 Å². The lowest BCUT2D eigenvalue weighted by atomic mass is 10.1. The minimum atomic E-state index is -0.387. The summed E-state index contributed by atoms with van der Waals surface area (Å²) in [7, 11) is 0. The van der Waals surface area contributed by atoms with Crippen molar-refractivity contribution in [2.45, 2.75) is 20.3 Å². The standard InChI is InChI=1S/C26H26BrN3O4S/c1-3-15-34-23-14-9-17(16-21(23)27)24(31)30-26(35)29-22-8-6-5-7-20(22)25(32)28-18-10-12-19(13-11-18)33-4-2/h5-14,16H,3-4,15H2,1-2H3,(H,28,32)(H2,29,30,31,35). The zero-order valence-corrected chi connectivity index (χ0v) is 21.8. The number of hydrogen-bond donors (Lipinski definition) is 3. The molecule has 9 heteroatoms. The third-order valence-electron chi connectivity index (χ3n) is 4.73. The first kappa shape index (κ1) is 26.2. The molecule has 0 aliphatic carbocycles. The Hall–Kier alpha value is -3.43. The van der Waals surface area contributed by atoms with Gasteiger partial charge in [0.25, 0.3) is 11.8 Å². The Kier molecular flexibility index (Phi) is 9.63. The number of hydrogen-bond acceptors (Lipinski definition) is 5. The van der Waals surface area contributed by atoms with Crippen LogP contribution in [-0.2, 0) is 0 Å². The van der Waals surface area contributed by atoms with Gasteiger partial charge in [0.15, 0.2) is 5.11 Å². The summed E-state index contributed by atoms with van der Waals surface area (Å²) in [5.41, 5.74) is 1.87. The molecule has 0 unspecified atom stereocenters. The molecule has 0 fully saturated rings. The van der Waals surface area contributed by atoms with Crippen LogP contribution in [0.5, 0.6) is 11.5 Å². The zero-order chi connectivity index (χ0) is 25.2. The van der Waals surface area contributed by atoms with Crippen molar-refractivity contribution in [1.29, 1.82) is 0 Å². The Morgan fingerprint density at radius 2 is 1.66 bits per heavy atom. The normalized spacial score (nSPS) is 10.3. The number of anilines is 2. The molecule has 3 aromatic rings. The fourth-order valence-corrected chi connectivity index (χ4v) is 3.79. The zero-order valence-electron chi connectivity index (χ0n) is 19.4. The molecule has 0 radical (unpaired) electrons. The molecule has 182 valence electrons. The van der Waals surface area contributed by atoms with E-state index in [1.165, 1.54) is 0 Å². The van der Waals surface area contributed by atoms with E-state index in [1.54, 1.807) is 66.7 Å².